The van der Waals surface area contributed by atoms with Gasteiger partial charge in [0.05, 0.1) is 0 Å². The van der Waals surface area contributed by atoms with Gasteiger partial charge in [0.2, 0.25) is 5.95 Å². The highest BCUT2D eigenvalue weighted by atomic mass is 15.3. The summed E-state index contributed by atoms with van der Waals surface area (Å²) in [4.78, 5) is 11.0. The number of rotatable bonds is 3. The lowest BCUT2D eigenvalue weighted by molar-refractivity contribution is 0.774. The zero-order chi connectivity index (χ0) is 13.9. The fourth-order valence-electron chi connectivity index (χ4n) is 2.74. The van der Waals surface area contributed by atoms with E-state index in [-0.39, 0.29) is 0 Å². The lowest BCUT2D eigenvalue weighted by atomic mass is 9.99. The van der Waals surface area contributed by atoms with Gasteiger partial charge < -0.3 is 4.90 Å². The first-order chi connectivity index (χ1) is 9.76. The number of nitrogens with zero attached hydrogens (tertiary/aromatic N) is 3. The van der Waals surface area contributed by atoms with E-state index in [1.165, 1.54) is 5.56 Å². The third-order valence-electron chi connectivity index (χ3n) is 3.75. The lowest BCUT2D eigenvalue weighted by Gasteiger charge is -2.18. The molecule has 1 aliphatic heterocycles. The van der Waals surface area contributed by atoms with E-state index >= 15 is 0 Å². The zero-order valence-corrected chi connectivity index (χ0v) is 11.6. The van der Waals surface area contributed by atoms with Gasteiger partial charge in [0.15, 0.2) is 0 Å². The molecule has 1 unspecified atom stereocenters. The molecule has 1 atom stereocenters. The molecular formula is C15H19N5. The highest BCUT2D eigenvalue weighted by Crippen LogP contribution is 2.30. The van der Waals surface area contributed by atoms with E-state index < -0.39 is 0 Å². The third-order valence-corrected chi connectivity index (χ3v) is 3.75. The molecule has 1 fully saturated rings. The molecular weight excluding hydrogens is 250 g/mol. The fraction of sp³-hybridized carbons (Fsp3) is 0.333. The Bertz CT molecular complexity index is 584. The number of aromatic nitrogens is 2. The van der Waals surface area contributed by atoms with E-state index in [0.29, 0.717) is 11.9 Å². The van der Waals surface area contributed by atoms with Crippen LogP contribution in [-0.4, -0.2) is 23.1 Å². The summed E-state index contributed by atoms with van der Waals surface area (Å²) in [5.41, 5.74) is 4.85. The zero-order valence-electron chi connectivity index (χ0n) is 11.6. The first-order valence-electron chi connectivity index (χ1n) is 6.88. The predicted octanol–water partition coefficient (Wildman–Crippen LogP) is 2.06. The molecule has 1 aromatic heterocycles. The molecule has 0 amide bonds. The van der Waals surface area contributed by atoms with Gasteiger partial charge in [0.1, 0.15) is 5.82 Å². The van der Waals surface area contributed by atoms with E-state index in [4.69, 9.17) is 5.84 Å². The van der Waals surface area contributed by atoms with Crippen LogP contribution in [-0.2, 0) is 0 Å². The van der Waals surface area contributed by atoms with Crippen LogP contribution < -0.4 is 16.2 Å². The summed E-state index contributed by atoms with van der Waals surface area (Å²) in [6, 6.07) is 12.7. The number of nitrogens with two attached hydrogens (primary N) is 1. The number of hydrogen-bond acceptors (Lipinski definition) is 5. The SMILES string of the molecule is Cc1cc(N2CCC(c3ccccc3)C2)nc(NN)n1. The van der Waals surface area contributed by atoms with Gasteiger partial charge in [-0.15, -0.1) is 0 Å². The maximum absolute atomic E-state index is 5.41. The molecule has 3 N–H and O–H groups in total. The van der Waals surface area contributed by atoms with Crippen molar-refractivity contribution in [1.82, 2.24) is 9.97 Å². The number of nitrogen functional groups attached to an aromatic ring is 1. The monoisotopic (exact) mass is 269 g/mol. The van der Waals surface area contributed by atoms with Crippen molar-refractivity contribution in [1.29, 1.82) is 0 Å². The van der Waals surface area contributed by atoms with Crippen molar-refractivity contribution in [2.45, 2.75) is 19.3 Å². The standard InChI is InChI=1S/C15H19N5/c1-11-9-14(18-15(17-11)19-16)20-8-7-13(10-20)12-5-3-2-4-6-12/h2-6,9,13H,7-8,10,16H2,1H3,(H,17,18,19). The highest BCUT2D eigenvalue weighted by Gasteiger charge is 2.25. The maximum Gasteiger partial charge on any atom is 0.239 e. The molecule has 0 aliphatic carbocycles. The van der Waals surface area contributed by atoms with Gasteiger partial charge in [-0.2, -0.15) is 4.98 Å². The predicted molar refractivity (Wildman–Crippen MR) is 80.6 cm³/mol. The summed E-state index contributed by atoms with van der Waals surface area (Å²) in [6.45, 7) is 3.96. The van der Waals surface area contributed by atoms with Gasteiger partial charge in [-0.3, -0.25) is 5.43 Å². The van der Waals surface area contributed by atoms with E-state index in [9.17, 15) is 0 Å². The van der Waals surface area contributed by atoms with Crippen molar-refractivity contribution in [2.24, 2.45) is 5.84 Å². The van der Waals surface area contributed by atoms with Gasteiger partial charge in [0.25, 0.3) is 0 Å². The quantitative estimate of drug-likeness (QED) is 0.659. The van der Waals surface area contributed by atoms with Crippen molar-refractivity contribution in [3.63, 3.8) is 0 Å². The molecule has 5 nitrogen and oxygen atoms in total. The van der Waals surface area contributed by atoms with Crippen LogP contribution in [0, 0.1) is 6.92 Å². The summed E-state index contributed by atoms with van der Waals surface area (Å²) >= 11 is 0. The molecule has 1 saturated heterocycles. The summed E-state index contributed by atoms with van der Waals surface area (Å²) < 4.78 is 0. The highest BCUT2D eigenvalue weighted by molar-refractivity contribution is 5.46. The fourth-order valence-corrected chi connectivity index (χ4v) is 2.74. The van der Waals surface area contributed by atoms with Crippen LogP contribution in [0.1, 0.15) is 23.6 Å². The number of hydrazine groups is 1. The minimum atomic E-state index is 0.475. The Morgan fingerprint density at radius 2 is 2.05 bits per heavy atom. The van der Waals surface area contributed by atoms with Crippen LogP contribution in [0.25, 0.3) is 0 Å². The van der Waals surface area contributed by atoms with Crippen molar-refractivity contribution < 1.29 is 0 Å². The number of hydrogen-bond donors (Lipinski definition) is 2. The van der Waals surface area contributed by atoms with Crippen LogP contribution in [0.4, 0.5) is 11.8 Å². The Hall–Kier alpha value is -2.14. The minimum absolute atomic E-state index is 0.475. The van der Waals surface area contributed by atoms with Crippen LogP contribution in [0.15, 0.2) is 36.4 Å². The van der Waals surface area contributed by atoms with E-state index in [1.807, 2.05) is 13.0 Å². The average Bonchev–Trinajstić information content (AvgIpc) is 2.97. The van der Waals surface area contributed by atoms with Crippen LogP contribution in [0.5, 0.6) is 0 Å². The third kappa shape index (κ3) is 2.58. The largest absolute Gasteiger partial charge is 0.356 e. The molecule has 0 radical (unpaired) electrons. The van der Waals surface area contributed by atoms with Crippen molar-refractivity contribution in [3.05, 3.63) is 47.7 Å². The molecule has 1 aliphatic rings. The second-order valence-corrected chi connectivity index (χ2v) is 5.18. The molecule has 3 rings (SSSR count). The topological polar surface area (TPSA) is 67.1 Å². The summed E-state index contributed by atoms with van der Waals surface area (Å²) in [7, 11) is 0. The Morgan fingerprint density at radius 3 is 2.80 bits per heavy atom. The molecule has 20 heavy (non-hydrogen) atoms. The second-order valence-electron chi connectivity index (χ2n) is 5.18. The van der Waals surface area contributed by atoms with E-state index in [1.54, 1.807) is 0 Å². The second kappa shape index (κ2) is 5.46. The van der Waals surface area contributed by atoms with Crippen molar-refractivity contribution >= 4 is 11.8 Å². The van der Waals surface area contributed by atoms with Gasteiger partial charge >= 0.3 is 0 Å². The van der Waals surface area contributed by atoms with Crippen LogP contribution in [0.3, 0.4) is 0 Å². The average molecular weight is 269 g/mol. The molecule has 5 heteroatoms. The minimum Gasteiger partial charge on any atom is -0.356 e. The summed E-state index contributed by atoms with van der Waals surface area (Å²) in [5.74, 6) is 7.40. The van der Waals surface area contributed by atoms with Crippen molar-refractivity contribution in [3.8, 4) is 0 Å². The summed E-state index contributed by atoms with van der Waals surface area (Å²) in [6.07, 6.45) is 1.15. The first kappa shape index (κ1) is 12.9. The maximum atomic E-state index is 5.41. The molecule has 0 bridgehead atoms. The number of nitrogens with one attached hydrogen (secondary N) is 1. The molecule has 1 aromatic carbocycles. The molecule has 104 valence electrons. The van der Waals surface area contributed by atoms with Crippen LogP contribution >= 0.6 is 0 Å². The van der Waals surface area contributed by atoms with Gasteiger partial charge in [-0.1, -0.05) is 30.3 Å². The Morgan fingerprint density at radius 1 is 1.25 bits per heavy atom. The van der Waals surface area contributed by atoms with Gasteiger partial charge in [-0.05, 0) is 18.9 Å². The normalized spacial score (nSPS) is 18.3. The lowest BCUT2D eigenvalue weighted by Crippen LogP contribution is -2.22. The molecule has 0 saturated carbocycles. The molecule has 0 spiro atoms. The molecule has 2 aromatic rings. The Labute approximate surface area is 118 Å². The van der Waals surface area contributed by atoms with E-state index in [2.05, 4.69) is 50.6 Å². The van der Waals surface area contributed by atoms with Crippen LogP contribution in [0.2, 0.25) is 0 Å². The van der Waals surface area contributed by atoms with Gasteiger partial charge in [0, 0.05) is 30.8 Å². The van der Waals surface area contributed by atoms with E-state index in [0.717, 1.165) is 31.0 Å². The summed E-state index contributed by atoms with van der Waals surface area (Å²) in [5, 5.41) is 0. The Kier molecular flexibility index (Phi) is 3.52. The van der Waals surface area contributed by atoms with Crippen molar-refractivity contribution in [2.75, 3.05) is 23.4 Å². The smallest absolute Gasteiger partial charge is 0.239 e. The number of anilines is 2. The Balaban J connectivity index is 1.79. The molecule has 2 heterocycles. The number of aryl methyl sites for hydroxylation is 1. The number of benzene rings is 1. The first-order valence-corrected chi connectivity index (χ1v) is 6.88. The van der Waals surface area contributed by atoms with Gasteiger partial charge in [-0.25, -0.2) is 10.8 Å².